The Morgan fingerprint density at radius 2 is 2.04 bits per heavy atom. The predicted octanol–water partition coefficient (Wildman–Crippen LogP) is 3.59. The smallest absolute Gasteiger partial charge is 0.240 e. The monoisotopic (exact) mass is 369 g/mol. The maximum absolute atomic E-state index is 13.3. The number of aryl methyl sites for hydroxylation is 1. The number of piperidine rings is 3. The molecule has 1 unspecified atom stereocenters. The number of nitrogens with zero attached hydrogens (tertiary/aromatic N) is 3. The largest absolute Gasteiger partial charge is 0.335 e. The standard InChI is InChI=1S/C21H27N3OS/c25-21(19-15-18-8-12-23(19)13-9-18)24(16-20-22-10-14-26-20)11-4-7-17-5-2-1-3-6-17/h1-3,5-6,10,14,18-19H,4,7-9,11-13,15-16H2. The molecule has 0 N–H and O–H groups in total. The molecule has 3 fully saturated rings. The number of hydrogen-bond donors (Lipinski definition) is 0. The first-order chi connectivity index (χ1) is 12.8. The quantitative estimate of drug-likeness (QED) is 0.748. The van der Waals surface area contributed by atoms with Crippen LogP contribution in [0.2, 0.25) is 0 Å². The number of aromatic nitrogens is 1. The third-order valence-electron chi connectivity index (χ3n) is 5.79. The van der Waals surface area contributed by atoms with Crippen LogP contribution in [0.5, 0.6) is 0 Å². The number of rotatable bonds is 7. The molecule has 0 radical (unpaired) electrons. The van der Waals surface area contributed by atoms with Gasteiger partial charge in [0, 0.05) is 18.1 Å². The summed E-state index contributed by atoms with van der Waals surface area (Å²) in [6.45, 7) is 3.65. The molecule has 5 rings (SSSR count). The van der Waals surface area contributed by atoms with Crippen LogP contribution in [0.15, 0.2) is 41.9 Å². The molecule has 4 heterocycles. The fourth-order valence-corrected chi connectivity index (χ4v) is 4.94. The number of fused-ring (bicyclic) bond motifs is 3. The van der Waals surface area contributed by atoms with Gasteiger partial charge < -0.3 is 4.90 Å². The van der Waals surface area contributed by atoms with Crippen molar-refractivity contribution in [3.05, 3.63) is 52.5 Å². The van der Waals surface area contributed by atoms with Gasteiger partial charge in [-0.2, -0.15) is 0 Å². The normalized spacial score (nSPS) is 24.5. The zero-order chi connectivity index (χ0) is 17.8. The van der Waals surface area contributed by atoms with Gasteiger partial charge in [0.2, 0.25) is 5.91 Å². The predicted molar refractivity (Wildman–Crippen MR) is 105 cm³/mol. The lowest BCUT2D eigenvalue weighted by atomic mass is 9.83. The highest BCUT2D eigenvalue weighted by Crippen LogP contribution is 2.33. The van der Waals surface area contributed by atoms with Gasteiger partial charge in [0.25, 0.3) is 0 Å². The SMILES string of the molecule is O=C(C1CC2CCN1CC2)N(CCCc1ccccc1)Cc1nccs1. The third-order valence-corrected chi connectivity index (χ3v) is 6.55. The molecule has 26 heavy (non-hydrogen) atoms. The van der Waals surface area contributed by atoms with Gasteiger partial charge in [-0.05, 0) is 56.7 Å². The van der Waals surface area contributed by atoms with E-state index in [1.807, 2.05) is 17.6 Å². The van der Waals surface area contributed by atoms with Crippen LogP contribution in [-0.4, -0.2) is 46.4 Å². The van der Waals surface area contributed by atoms with E-state index in [1.165, 1.54) is 18.4 Å². The maximum atomic E-state index is 13.3. The Kier molecular flexibility index (Phi) is 5.65. The van der Waals surface area contributed by atoms with Crippen molar-refractivity contribution in [2.75, 3.05) is 19.6 Å². The molecule has 1 aromatic carbocycles. The average Bonchev–Trinajstić information content (AvgIpc) is 3.21. The molecule has 3 aliphatic heterocycles. The van der Waals surface area contributed by atoms with E-state index in [1.54, 1.807) is 11.3 Å². The van der Waals surface area contributed by atoms with Crippen LogP contribution in [-0.2, 0) is 17.8 Å². The number of carbonyl (C=O) groups is 1. The van der Waals surface area contributed by atoms with Crippen molar-refractivity contribution in [3.63, 3.8) is 0 Å². The number of amides is 1. The lowest BCUT2D eigenvalue weighted by Crippen LogP contribution is -2.56. The van der Waals surface area contributed by atoms with E-state index in [4.69, 9.17) is 0 Å². The summed E-state index contributed by atoms with van der Waals surface area (Å²) in [5, 5.41) is 3.03. The lowest BCUT2D eigenvalue weighted by molar-refractivity contribution is -0.142. The highest BCUT2D eigenvalue weighted by Gasteiger charge is 2.39. The van der Waals surface area contributed by atoms with Crippen LogP contribution < -0.4 is 0 Å². The van der Waals surface area contributed by atoms with Crippen molar-refractivity contribution < 1.29 is 4.79 Å². The number of hydrogen-bond acceptors (Lipinski definition) is 4. The molecule has 3 aliphatic rings. The molecule has 1 aromatic heterocycles. The summed E-state index contributed by atoms with van der Waals surface area (Å²) < 4.78 is 0. The minimum absolute atomic E-state index is 0.0965. The van der Waals surface area contributed by atoms with Crippen LogP contribution in [0.3, 0.4) is 0 Å². The molecule has 2 bridgehead atoms. The van der Waals surface area contributed by atoms with Gasteiger partial charge in [0.1, 0.15) is 5.01 Å². The Labute approximate surface area is 159 Å². The maximum Gasteiger partial charge on any atom is 0.240 e. The number of thiazole rings is 1. The van der Waals surface area contributed by atoms with Gasteiger partial charge in [-0.1, -0.05) is 30.3 Å². The first kappa shape index (κ1) is 17.7. The fraction of sp³-hybridized carbons (Fsp3) is 0.524. The van der Waals surface area contributed by atoms with Gasteiger partial charge in [-0.15, -0.1) is 11.3 Å². The van der Waals surface area contributed by atoms with Crippen LogP contribution in [0.25, 0.3) is 0 Å². The summed E-state index contributed by atoms with van der Waals surface area (Å²) in [6, 6.07) is 10.6. The van der Waals surface area contributed by atoms with Crippen LogP contribution in [0.4, 0.5) is 0 Å². The average molecular weight is 370 g/mol. The van der Waals surface area contributed by atoms with Gasteiger partial charge in [-0.3, -0.25) is 9.69 Å². The zero-order valence-corrected chi connectivity index (χ0v) is 16.0. The summed E-state index contributed by atoms with van der Waals surface area (Å²) in [5.74, 6) is 1.07. The molecular weight excluding hydrogens is 342 g/mol. The highest BCUT2D eigenvalue weighted by atomic mass is 32.1. The van der Waals surface area contributed by atoms with Crippen LogP contribution >= 0.6 is 11.3 Å². The third kappa shape index (κ3) is 4.15. The van der Waals surface area contributed by atoms with Crippen molar-refractivity contribution in [3.8, 4) is 0 Å². The summed E-state index contributed by atoms with van der Waals surface area (Å²) in [6.07, 6.45) is 7.43. The fourth-order valence-electron chi connectivity index (χ4n) is 4.31. The molecular formula is C21H27N3OS. The van der Waals surface area contributed by atoms with Gasteiger partial charge >= 0.3 is 0 Å². The molecule has 0 aliphatic carbocycles. The molecule has 138 valence electrons. The van der Waals surface area contributed by atoms with E-state index in [9.17, 15) is 4.79 Å². The Morgan fingerprint density at radius 1 is 1.23 bits per heavy atom. The van der Waals surface area contributed by atoms with Gasteiger partial charge in [-0.25, -0.2) is 4.98 Å². The van der Waals surface area contributed by atoms with E-state index >= 15 is 0 Å². The molecule has 0 saturated carbocycles. The highest BCUT2D eigenvalue weighted by molar-refractivity contribution is 7.09. The first-order valence-corrected chi connectivity index (χ1v) is 10.6. The van der Waals surface area contributed by atoms with E-state index in [2.05, 4.69) is 39.0 Å². The molecule has 0 spiro atoms. The van der Waals surface area contributed by atoms with Gasteiger partial charge in [0.15, 0.2) is 0 Å². The van der Waals surface area contributed by atoms with Crippen LogP contribution in [0.1, 0.15) is 36.3 Å². The Morgan fingerprint density at radius 3 is 2.69 bits per heavy atom. The van der Waals surface area contributed by atoms with Crippen molar-refractivity contribution >= 4 is 17.2 Å². The number of benzene rings is 1. The topological polar surface area (TPSA) is 36.4 Å². The summed E-state index contributed by atoms with van der Waals surface area (Å²) >= 11 is 1.64. The second kappa shape index (κ2) is 8.31. The lowest BCUT2D eigenvalue weighted by Gasteiger charge is -2.45. The van der Waals surface area contributed by atoms with E-state index in [0.717, 1.165) is 49.8 Å². The van der Waals surface area contributed by atoms with Crippen molar-refractivity contribution in [2.45, 2.75) is 44.7 Å². The molecule has 3 saturated heterocycles. The van der Waals surface area contributed by atoms with Crippen LogP contribution in [0, 0.1) is 5.92 Å². The molecule has 1 atom stereocenters. The number of carbonyl (C=O) groups excluding carboxylic acids is 1. The second-order valence-electron chi connectivity index (χ2n) is 7.51. The summed E-state index contributed by atoms with van der Waals surface area (Å²) in [7, 11) is 0. The molecule has 2 aromatic rings. The van der Waals surface area contributed by atoms with Crippen molar-refractivity contribution in [1.82, 2.24) is 14.8 Å². The Bertz CT molecular complexity index is 695. The zero-order valence-electron chi connectivity index (χ0n) is 15.2. The van der Waals surface area contributed by atoms with E-state index in [-0.39, 0.29) is 6.04 Å². The second-order valence-corrected chi connectivity index (χ2v) is 8.48. The van der Waals surface area contributed by atoms with Gasteiger partial charge in [0.05, 0.1) is 12.6 Å². The summed E-state index contributed by atoms with van der Waals surface area (Å²) in [4.78, 5) is 22.2. The summed E-state index contributed by atoms with van der Waals surface area (Å²) in [5.41, 5.74) is 1.34. The van der Waals surface area contributed by atoms with Crippen molar-refractivity contribution in [2.24, 2.45) is 5.92 Å². The molecule has 1 amide bonds. The molecule has 4 nitrogen and oxygen atoms in total. The molecule has 5 heteroatoms. The Hall–Kier alpha value is -1.72. The van der Waals surface area contributed by atoms with E-state index < -0.39 is 0 Å². The minimum atomic E-state index is 0.0965. The first-order valence-electron chi connectivity index (χ1n) is 9.75. The Balaban J connectivity index is 1.41. The van der Waals surface area contributed by atoms with Crippen molar-refractivity contribution in [1.29, 1.82) is 0 Å². The minimum Gasteiger partial charge on any atom is -0.335 e. The van der Waals surface area contributed by atoms with E-state index in [0.29, 0.717) is 12.5 Å².